The Morgan fingerprint density at radius 3 is 2.65 bits per heavy atom. The molecule has 3 heteroatoms. The number of carbonyl (C=O) groups excluding carboxylic acids is 1. The van der Waals surface area contributed by atoms with Crippen LogP contribution in [0.25, 0.3) is 0 Å². The fourth-order valence-corrected chi connectivity index (χ4v) is 3.48. The molecule has 0 spiro atoms. The van der Waals surface area contributed by atoms with Crippen molar-refractivity contribution in [2.45, 2.75) is 84.1 Å². The van der Waals surface area contributed by atoms with Crippen molar-refractivity contribution >= 4 is 5.91 Å². The van der Waals surface area contributed by atoms with Crippen molar-refractivity contribution in [1.82, 2.24) is 4.90 Å². The minimum Gasteiger partial charge on any atom is -0.340 e. The summed E-state index contributed by atoms with van der Waals surface area (Å²) in [6.45, 7) is 6.16. The van der Waals surface area contributed by atoms with Crippen molar-refractivity contribution in [2.75, 3.05) is 13.1 Å². The number of hydrogen-bond acceptors (Lipinski definition) is 2. The van der Waals surface area contributed by atoms with Gasteiger partial charge in [-0.05, 0) is 44.6 Å². The van der Waals surface area contributed by atoms with Gasteiger partial charge in [0.1, 0.15) is 0 Å². The van der Waals surface area contributed by atoms with Crippen molar-refractivity contribution in [1.29, 1.82) is 0 Å². The number of nitrogens with two attached hydrogens (primary N) is 1. The molecule has 2 N–H and O–H groups in total. The number of nitrogens with zero attached hydrogens (tertiary/aromatic N) is 1. The van der Waals surface area contributed by atoms with E-state index in [1.807, 2.05) is 0 Å². The third kappa shape index (κ3) is 5.82. The van der Waals surface area contributed by atoms with Crippen molar-refractivity contribution < 1.29 is 4.79 Å². The number of likely N-dealkylation sites (tertiary alicyclic amines) is 1. The third-order valence-corrected chi connectivity index (χ3v) is 4.71. The van der Waals surface area contributed by atoms with E-state index in [0.717, 1.165) is 38.8 Å². The molecule has 0 radical (unpaired) electrons. The SMILES string of the molecule is CCCC(CCN)CCC(=O)N1CCCCCC1CC. The second-order valence-corrected chi connectivity index (χ2v) is 6.27. The smallest absolute Gasteiger partial charge is 0.222 e. The predicted octanol–water partition coefficient (Wildman–Crippen LogP) is 3.71. The maximum atomic E-state index is 12.5. The summed E-state index contributed by atoms with van der Waals surface area (Å²) < 4.78 is 0. The van der Waals surface area contributed by atoms with Crippen molar-refractivity contribution in [3.05, 3.63) is 0 Å². The average molecular weight is 282 g/mol. The lowest BCUT2D eigenvalue weighted by Crippen LogP contribution is -2.39. The molecule has 1 saturated heterocycles. The monoisotopic (exact) mass is 282 g/mol. The van der Waals surface area contributed by atoms with Crippen LogP contribution < -0.4 is 5.73 Å². The van der Waals surface area contributed by atoms with Gasteiger partial charge in [0.25, 0.3) is 0 Å². The van der Waals surface area contributed by atoms with Crippen LogP contribution in [0, 0.1) is 5.92 Å². The summed E-state index contributed by atoms with van der Waals surface area (Å²) in [7, 11) is 0. The van der Waals surface area contributed by atoms with Crippen LogP contribution in [-0.4, -0.2) is 29.9 Å². The number of carbonyl (C=O) groups is 1. The fraction of sp³-hybridized carbons (Fsp3) is 0.941. The van der Waals surface area contributed by atoms with E-state index in [0.29, 0.717) is 17.9 Å². The molecule has 0 saturated carbocycles. The summed E-state index contributed by atoms with van der Waals surface area (Å²) in [4.78, 5) is 14.7. The normalized spacial score (nSPS) is 21.6. The van der Waals surface area contributed by atoms with Gasteiger partial charge < -0.3 is 10.6 Å². The van der Waals surface area contributed by atoms with Gasteiger partial charge in [0.05, 0.1) is 0 Å². The van der Waals surface area contributed by atoms with Crippen LogP contribution in [0.15, 0.2) is 0 Å². The second-order valence-electron chi connectivity index (χ2n) is 6.27. The average Bonchev–Trinajstić information content (AvgIpc) is 2.70. The van der Waals surface area contributed by atoms with Crippen LogP contribution in [-0.2, 0) is 4.79 Å². The van der Waals surface area contributed by atoms with Crippen LogP contribution >= 0.6 is 0 Å². The fourth-order valence-electron chi connectivity index (χ4n) is 3.48. The van der Waals surface area contributed by atoms with Gasteiger partial charge in [0.2, 0.25) is 5.91 Å². The summed E-state index contributed by atoms with van der Waals surface area (Å²) in [5.74, 6) is 1.03. The molecule has 1 aliphatic rings. The van der Waals surface area contributed by atoms with Gasteiger partial charge >= 0.3 is 0 Å². The first-order valence-electron chi connectivity index (χ1n) is 8.72. The maximum Gasteiger partial charge on any atom is 0.222 e. The minimum absolute atomic E-state index is 0.386. The molecule has 1 heterocycles. The molecule has 20 heavy (non-hydrogen) atoms. The maximum absolute atomic E-state index is 12.5. The van der Waals surface area contributed by atoms with Gasteiger partial charge in [-0.25, -0.2) is 0 Å². The van der Waals surface area contributed by atoms with Crippen molar-refractivity contribution in [2.24, 2.45) is 11.7 Å². The second kappa shape index (κ2) is 10.2. The molecule has 1 aliphatic heterocycles. The van der Waals surface area contributed by atoms with E-state index in [-0.39, 0.29) is 0 Å². The standard InChI is InChI=1S/C17H34N2O/c1-3-8-15(12-13-18)10-11-17(20)19-14-7-5-6-9-16(19)4-2/h15-16H,3-14,18H2,1-2H3. The predicted molar refractivity (Wildman–Crippen MR) is 85.6 cm³/mol. The van der Waals surface area contributed by atoms with Crippen LogP contribution in [0.4, 0.5) is 0 Å². The lowest BCUT2D eigenvalue weighted by molar-refractivity contribution is -0.133. The largest absolute Gasteiger partial charge is 0.340 e. The minimum atomic E-state index is 0.386. The van der Waals surface area contributed by atoms with Gasteiger partial charge in [0, 0.05) is 19.0 Å². The molecular formula is C17H34N2O. The van der Waals surface area contributed by atoms with Crippen molar-refractivity contribution in [3.63, 3.8) is 0 Å². The number of amides is 1. The Balaban J connectivity index is 2.45. The van der Waals surface area contributed by atoms with Crippen LogP contribution in [0.1, 0.15) is 78.1 Å². The first-order valence-corrected chi connectivity index (χ1v) is 8.72. The van der Waals surface area contributed by atoms with E-state index in [2.05, 4.69) is 18.7 Å². The molecule has 0 bridgehead atoms. The molecular weight excluding hydrogens is 248 g/mol. The van der Waals surface area contributed by atoms with Crippen LogP contribution in [0.3, 0.4) is 0 Å². The highest BCUT2D eigenvalue weighted by atomic mass is 16.2. The molecule has 2 atom stereocenters. The Morgan fingerprint density at radius 2 is 2.00 bits per heavy atom. The van der Waals surface area contributed by atoms with E-state index in [4.69, 9.17) is 5.73 Å². The molecule has 0 aromatic carbocycles. The van der Waals surface area contributed by atoms with Gasteiger partial charge in [-0.2, -0.15) is 0 Å². The van der Waals surface area contributed by atoms with Gasteiger partial charge in [-0.3, -0.25) is 4.79 Å². The Labute approximate surface area is 125 Å². The molecule has 1 amide bonds. The summed E-state index contributed by atoms with van der Waals surface area (Å²) in [6, 6.07) is 0.490. The summed E-state index contributed by atoms with van der Waals surface area (Å²) in [5.41, 5.74) is 5.68. The quantitative estimate of drug-likeness (QED) is 0.737. The number of hydrogen-bond donors (Lipinski definition) is 1. The zero-order valence-electron chi connectivity index (χ0n) is 13.6. The molecule has 118 valence electrons. The molecule has 1 rings (SSSR count). The van der Waals surface area contributed by atoms with E-state index < -0.39 is 0 Å². The topological polar surface area (TPSA) is 46.3 Å². The first-order chi connectivity index (χ1) is 9.72. The zero-order chi connectivity index (χ0) is 14.8. The molecule has 2 unspecified atom stereocenters. The summed E-state index contributed by atoms with van der Waals surface area (Å²) >= 11 is 0. The van der Waals surface area contributed by atoms with Crippen molar-refractivity contribution in [3.8, 4) is 0 Å². The summed E-state index contributed by atoms with van der Waals surface area (Å²) in [5, 5.41) is 0. The highest BCUT2D eigenvalue weighted by Crippen LogP contribution is 2.22. The van der Waals surface area contributed by atoms with E-state index in [9.17, 15) is 4.79 Å². The van der Waals surface area contributed by atoms with Crippen LogP contribution in [0.5, 0.6) is 0 Å². The zero-order valence-corrected chi connectivity index (χ0v) is 13.6. The molecule has 1 fully saturated rings. The Bertz CT molecular complexity index is 262. The van der Waals surface area contributed by atoms with Gasteiger partial charge in [-0.1, -0.05) is 39.5 Å². The highest BCUT2D eigenvalue weighted by Gasteiger charge is 2.24. The Morgan fingerprint density at radius 1 is 1.20 bits per heavy atom. The first kappa shape index (κ1) is 17.5. The third-order valence-electron chi connectivity index (χ3n) is 4.71. The number of rotatable bonds is 8. The van der Waals surface area contributed by atoms with Gasteiger partial charge in [-0.15, -0.1) is 0 Å². The lowest BCUT2D eigenvalue weighted by Gasteiger charge is -2.30. The van der Waals surface area contributed by atoms with E-state index >= 15 is 0 Å². The highest BCUT2D eigenvalue weighted by molar-refractivity contribution is 5.76. The Hall–Kier alpha value is -0.570. The summed E-state index contributed by atoms with van der Waals surface area (Å²) in [6.07, 6.45) is 11.3. The molecule has 0 aliphatic carbocycles. The van der Waals surface area contributed by atoms with E-state index in [1.165, 1.54) is 38.5 Å². The molecule has 0 aromatic heterocycles. The molecule has 0 aromatic rings. The van der Waals surface area contributed by atoms with Crippen LogP contribution in [0.2, 0.25) is 0 Å². The van der Waals surface area contributed by atoms with Gasteiger partial charge in [0.15, 0.2) is 0 Å². The Kier molecular flexibility index (Phi) is 8.92. The lowest BCUT2D eigenvalue weighted by atomic mass is 9.94. The molecule has 3 nitrogen and oxygen atoms in total. The van der Waals surface area contributed by atoms with E-state index in [1.54, 1.807) is 0 Å².